The number of nitrogens with zero attached hydrogens (tertiary/aromatic N) is 3. The quantitative estimate of drug-likeness (QED) is 0.860. The van der Waals surface area contributed by atoms with Crippen LogP contribution in [0.5, 0.6) is 0 Å². The molecule has 1 fully saturated rings. The molecule has 3 heterocycles. The number of aliphatic hydroxyl groups is 1. The van der Waals surface area contributed by atoms with Crippen molar-refractivity contribution in [2.24, 2.45) is 0 Å². The third kappa shape index (κ3) is 2.38. The molecule has 1 saturated heterocycles. The average molecular weight is 235 g/mol. The van der Waals surface area contributed by atoms with E-state index in [1.54, 1.807) is 0 Å². The minimum Gasteiger partial charge on any atom is -0.385 e. The van der Waals surface area contributed by atoms with E-state index in [1.807, 2.05) is 0 Å². The molecule has 0 bridgehead atoms. The summed E-state index contributed by atoms with van der Waals surface area (Å²) in [4.78, 5) is 7.09. The van der Waals surface area contributed by atoms with Crippen LogP contribution in [-0.4, -0.2) is 39.2 Å². The highest BCUT2D eigenvalue weighted by Gasteiger charge is 2.21. The van der Waals surface area contributed by atoms with Gasteiger partial charge in [-0.3, -0.25) is 0 Å². The molecule has 3 rings (SSSR count). The van der Waals surface area contributed by atoms with E-state index >= 15 is 0 Å². The number of rotatable bonds is 3. The molecule has 0 amide bonds. The zero-order valence-corrected chi connectivity index (χ0v) is 10.3. The van der Waals surface area contributed by atoms with Gasteiger partial charge in [0, 0.05) is 25.7 Å². The van der Waals surface area contributed by atoms with Gasteiger partial charge in [0.05, 0.1) is 5.69 Å². The standard InChI is InChI=1S/C13H21N3O/c17-12-4-3-8-16-10-11(14-13(12)16)5-9-15-6-1-2-7-15/h10,12,17H,1-9H2. The number of aryl methyl sites for hydroxylation is 1. The van der Waals surface area contributed by atoms with Crippen LogP contribution in [0.2, 0.25) is 0 Å². The lowest BCUT2D eigenvalue weighted by Gasteiger charge is -2.18. The van der Waals surface area contributed by atoms with Crippen LogP contribution in [0.15, 0.2) is 6.20 Å². The minimum absolute atomic E-state index is 0.343. The van der Waals surface area contributed by atoms with Gasteiger partial charge in [0.1, 0.15) is 11.9 Å². The van der Waals surface area contributed by atoms with Crippen LogP contribution in [-0.2, 0) is 13.0 Å². The van der Waals surface area contributed by atoms with Gasteiger partial charge in [-0.1, -0.05) is 0 Å². The van der Waals surface area contributed by atoms with Crippen LogP contribution < -0.4 is 0 Å². The second kappa shape index (κ2) is 4.78. The van der Waals surface area contributed by atoms with Gasteiger partial charge in [-0.25, -0.2) is 4.98 Å². The van der Waals surface area contributed by atoms with E-state index in [9.17, 15) is 5.11 Å². The van der Waals surface area contributed by atoms with Crippen molar-refractivity contribution in [1.82, 2.24) is 14.5 Å². The summed E-state index contributed by atoms with van der Waals surface area (Å²) in [6.45, 7) is 4.63. The monoisotopic (exact) mass is 235 g/mol. The summed E-state index contributed by atoms with van der Waals surface area (Å²) in [7, 11) is 0. The molecule has 0 spiro atoms. The summed E-state index contributed by atoms with van der Waals surface area (Å²) in [6, 6.07) is 0. The van der Waals surface area contributed by atoms with E-state index in [4.69, 9.17) is 0 Å². The van der Waals surface area contributed by atoms with Gasteiger partial charge in [0.2, 0.25) is 0 Å². The Bertz CT molecular complexity index is 382. The lowest BCUT2D eigenvalue weighted by atomic mass is 10.1. The Morgan fingerprint density at radius 1 is 1.24 bits per heavy atom. The van der Waals surface area contributed by atoms with Gasteiger partial charge < -0.3 is 14.6 Å². The Labute approximate surface area is 102 Å². The molecule has 1 atom stereocenters. The van der Waals surface area contributed by atoms with Gasteiger partial charge >= 0.3 is 0 Å². The van der Waals surface area contributed by atoms with Crippen molar-refractivity contribution >= 4 is 0 Å². The zero-order valence-electron chi connectivity index (χ0n) is 10.3. The number of fused-ring (bicyclic) bond motifs is 1. The van der Waals surface area contributed by atoms with E-state index in [1.165, 1.54) is 25.9 Å². The number of aromatic nitrogens is 2. The molecule has 0 aliphatic carbocycles. The van der Waals surface area contributed by atoms with Crippen LogP contribution in [0.4, 0.5) is 0 Å². The van der Waals surface area contributed by atoms with E-state index in [0.29, 0.717) is 0 Å². The van der Waals surface area contributed by atoms with Crippen molar-refractivity contribution < 1.29 is 5.11 Å². The first kappa shape index (κ1) is 11.2. The predicted molar refractivity (Wildman–Crippen MR) is 65.8 cm³/mol. The largest absolute Gasteiger partial charge is 0.385 e. The Balaban J connectivity index is 1.63. The van der Waals surface area contributed by atoms with Crippen LogP contribution in [0, 0.1) is 0 Å². The maximum Gasteiger partial charge on any atom is 0.137 e. The van der Waals surface area contributed by atoms with Crippen molar-refractivity contribution in [1.29, 1.82) is 0 Å². The topological polar surface area (TPSA) is 41.3 Å². The summed E-state index contributed by atoms with van der Waals surface area (Å²) in [6.07, 6.45) is 7.43. The van der Waals surface area contributed by atoms with Gasteiger partial charge in [0.15, 0.2) is 0 Å². The van der Waals surface area contributed by atoms with Gasteiger partial charge in [-0.2, -0.15) is 0 Å². The molecular weight excluding hydrogens is 214 g/mol. The van der Waals surface area contributed by atoms with Crippen molar-refractivity contribution in [2.75, 3.05) is 19.6 Å². The number of hydrogen-bond donors (Lipinski definition) is 1. The normalized spacial score (nSPS) is 25.1. The number of hydrogen-bond acceptors (Lipinski definition) is 3. The minimum atomic E-state index is -0.343. The fourth-order valence-corrected chi connectivity index (χ4v) is 2.91. The number of aliphatic hydroxyl groups excluding tert-OH is 1. The third-order valence-electron chi connectivity index (χ3n) is 3.91. The summed E-state index contributed by atoms with van der Waals surface area (Å²) >= 11 is 0. The Morgan fingerprint density at radius 2 is 2.06 bits per heavy atom. The molecule has 4 nitrogen and oxygen atoms in total. The third-order valence-corrected chi connectivity index (χ3v) is 3.91. The lowest BCUT2D eigenvalue weighted by Crippen LogP contribution is -2.22. The molecule has 0 radical (unpaired) electrons. The van der Waals surface area contributed by atoms with Crippen molar-refractivity contribution in [3.63, 3.8) is 0 Å². The molecule has 2 aliphatic heterocycles. The Hall–Kier alpha value is -0.870. The molecule has 0 saturated carbocycles. The van der Waals surface area contributed by atoms with E-state index in [-0.39, 0.29) is 6.10 Å². The lowest BCUT2D eigenvalue weighted by molar-refractivity contribution is 0.133. The first-order valence-corrected chi connectivity index (χ1v) is 6.79. The second-order valence-electron chi connectivity index (χ2n) is 5.24. The summed E-state index contributed by atoms with van der Waals surface area (Å²) in [5.41, 5.74) is 1.15. The van der Waals surface area contributed by atoms with Crippen LogP contribution in [0.1, 0.15) is 43.3 Å². The highest BCUT2D eigenvalue weighted by atomic mass is 16.3. The highest BCUT2D eigenvalue weighted by Crippen LogP contribution is 2.24. The van der Waals surface area contributed by atoms with Crippen molar-refractivity contribution in [3.8, 4) is 0 Å². The van der Waals surface area contributed by atoms with Crippen molar-refractivity contribution in [2.45, 2.75) is 44.8 Å². The fraction of sp³-hybridized carbons (Fsp3) is 0.769. The molecule has 2 aliphatic rings. The molecule has 1 N–H and O–H groups in total. The Kier molecular flexibility index (Phi) is 3.16. The molecule has 4 heteroatoms. The molecule has 1 unspecified atom stereocenters. The van der Waals surface area contributed by atoms with Crippen LogP contribution in [0.3, 0.4) is 0 Å². The molecule has 94 valence electrons. The number of imidazole rings is 1. The SMILES string of the molecule is OC1CCCn2cc(CCN3CCCC3)nc21. The molecule has 1 aromatic rings. The summed E-state index contributed by atoms with van der Waals surface area (Å²) in [5.74, 6) is 0.882. The highest BCUT2D eigenvalue weighted by molar-refractivity contribution is 5.08. The van der Waals surface area contributed by atoms with Crippen molar-refractivity contribution in [3.05, 3.63) is 17.7 Å². The molecular formula is C13H21N3O. The predicted octanol–water partition coefficient (Wildman–Crippen LogP) is 1.35. The second-order valence-corrected chi connectivity index (χ2v) is 5.24. The van der Waals surface area contributed by atoms with Crippen LogP contribution in [0.25, 0.3) is 0 Å². The van der Waals surface area contributed by atoms with E-state index in [0.717, 1.165) is 43.9 Å². The molecule has 0 aromatic carbocycles. The molecule has 1 aromatic heterocycles. The maximum atomic E-state index is 9.86. The zero-order chi connectivity index (χ0) is 11.7. The summed E-state index contributed by atoms with van der Waals surface area (Å²) in [5, 5.41) is 9.86. The Morgan fingerprint density at radius 3 is 2.82 bits per heavy atom. The van der Waals surface area contributed by atoms with E-state index < -0.39 is 0 Å². The smallest absolute Gasteiger partial charge is 0.137 e. The van der Waals surface area contributed by atoms with Crippen LogP contribution >= 0.6 is 0 Å². The van der Waals surface area contributed by atoms with Gasteiger partial charge in [-0.15, -0.1) is 0 Å². The first-order chi connectivity index (χ1) is 8.33. The summed E-state index contributed by atoms with van der Waals surface area (Å²) < 4.78 is 2.13. The first-order valence-electron chi connectivity index (χ1n) is 6.79. The average Bonchev–Trinajstić information content (AvgIpc) is 2.95. The van der Waals surface area contributed by atoms with Gasteiger partial charge in [0.25, 0.3) is 0 Å². The molecule has 17 heavy (non-hydrogen) atoms. The maximum absolute atomic E-state index is 9.86. The number of likely N-dealkylation sites (tertiary alicyclic amines) is 1. The fourth-order valence-electron chi connectivity index (χ4n) is 2.91. The van der Waals surface area contributed by atoms with Gasteiger partial charge in [-0.05, 0) is 38.8 Å². The van der Waals surface area contributed by atoms with E-state index in [2.05, 4.69) is 20.6 Å².